The molecule has 0 rings (SSSR count). The SMILES string of the molecule is COP(=O)(O)N(C)P(=O)(O)O. The van der Waals surface area contributed by atoms with Gasteiger partial charge >= 0.3 is 15.5 Å². The minimum absolute atomic E-state index is 0.0139. The summed E-state index contributed by atoms with van der Waals surface area (Å²) in [5, 5.41) is 0. The third-order valence-electron chi connectivity index (χ3n) is 0.981. The van der Waals surface area contributed by atoms with E-state index >= 15 is 0 Å². The smallest absolute Gasteiger partial charge is 0.312 e. The van der Waals surface area contributed by atoms with E-state index in [0.29, 0.717) is 0 Å². The Balaban J connectivity index is 4.64. The fraction of sp³-hybridized carbons (Fsp3) is 1.00. The van der Waals surface area contributed by atoms with Crippen molar-refractivity contribution in [2.24, 2.45) is 0 Å². The van der Waals surface area contributed by atoms with E-state index < -0.39 is 15.5 Å². The van der Waals surface area contributed by atoms with Gasteiger partial charge in [-0.25, -0.2) is 9.13 Å². The molecule has 68 valence electrons. The summed E-state index contributed by atoms with van der Waals surface area (Å²) in [5.41, 5.74) is 0. The van der Waals surface area contributed by atoms with E-state index in [2.05, 4.69) is 4.52 Å². The van der Waals surface area contributed by atoms with Gasteiger partial charge in [0.05, 0.1) is 0 Å². The van der Waals surface area contributed by atoms with Gasteiger partial charge in [0.25, 0.3) is 0 Å². The van der Waals surface area contributed by atoms with E-state index in [0.717, 1.165) is 14.2 Å². The van der Waals surface area contributed by atoms with E-state index in [1.807, 2.05) is 0 Å². The molecule has 0 aliphatic heterocycles. The molecule has 0 aliphatic rings. The first kappa shape index (κ1) is 11.3. The van der Waals surface area contributed by atoms with Gasteiger partial charge < -0.3 is 14.7 Å². The van der Waals surface area contributed by atoms with Crippen LogP contribution in [0.15, 0.2) is 0 Å². The Morgan fingerprint density at radius 2 is 1.64 bits per heavy atom. The lowest BCUT2D eigenvalue weighted by molar-refractivity contribution is 0.256. The van der Waals surface area contributed by atoms with Gasteiger partial charge in [-0.1, -0.05) is 0 Å². The zero-order chi connectivity index (χ0) is 9.28. The van der Waals surface area contributed by atoms with Crippen LogP contribution in [0.25, 0.3) is 0 Å². The van der Waals surface area contributed by atoms with E-state index in [-0.39, 0.29) is 4.44 Å². The maximum Gasteiger partial charge on any atom is 0.414 e. The van der Waals surface area contributed by atoms with E-state index in [9.17, 15) is 9.13 Å². The molecule has 0 aromatic rings. The van der Waals surface area contributed by atoms with Gasteiger partial charge in [-0.15, -0.1) is 4.44 Å². The van der Waals surface area contributed by atoms with Crippen molar-refractivity contribution < 1.29 is 28.3 Å². The molecule has 0 aromatic heterocycles. The normalized spacial score (nSPS) is 18.4. The van der Waals surface area contributed by atoms with Crippen LogP contribution in [0.4, 0.5) is 0 Å². The second kappa shape index (κ2) is 3.33. The third-order valence-corrected chi connectivity index (χ3v) is 4.32. The zero-order valence-corrected chi connectivity index (χ0v) is 7.70. The van der Waals surface area contributed by atoms with E-state index in [4.69, 9.17) is 14.7 Å². The molecule has 11 heavy (non-hydrogen) atoms. The van der Waals surface area contributed by atoms with Crippen molar-refractivity contribution in [3.63, 3.8) is 0 Å². The average Bonchev–Trinajstić information content (AvgIpc) is 1.84. The monoisotopic (exact) mass is 205 g/mol. The first-order valence-corrected chi connectivity index (χ1v) is 5.50. The molecule has 7 nitrogen and oxygen atoms in total. The molecule has 9 heteroatoms. The van der Waals surface area contributed by atoms with Gasteiger partial charge in [0.1, 0.15) is 0 Å². The van der Waals surface area contributed by atoms with Crippen molar-refractivity contribution in [2.75, 3.05) is 14.2 Å². The molecule has 3 N–H and O–H groups in total. The minimum atomic E-state index is -4.70. The molecule has 0 amide bonds. The molecule has 0 saturated heterocycles. The number of nitrogens with zero attached hydrogens (tertiary/aromatic N) is 1. The fourth-order valence-electron chi connectivity index (χ4n) is 0.265. The summed E-state index contributed by atoms with van der Waals surface area (Å²) in [6.07, 6.45) is 0. The van der Waals surface area contributed by atoms with Crippen LogP contribution in [0.1, 0.15) is 0 Å². The molecule has 0 saturated carbocycles. The molecule has 0 radical (unpaired) electrons. The summed E-state index contributed by atoms with van der Waals surface area (Å²) in [7, 11) is -7.34. The lowest BCUT2D eigenvalue weighted by Crippen LogP contribution is -2.11. The zero-order valence-electron chi connectivity index (χ0n) is 5.91. The largest absolute Gasteiger partial charge is 0.414 e. The highest BCUT2D eigenvalue weighted by molar-refractivity contribution is 7.65. The topological polar surface area (TPSA) is 107 Å². The third kappa shape index (κ3) is 3.01. The van der Waals surface area contributed by atoms with Crippen LogP contribution in [0, 0.1) is 0 Å². The Morgan fingerprint density at radius 3 is 1.73 bits per heavy atom. The highest BCUT2D eigenvalue weighted by Crippen LogP contribution is 2.58. The molecule has 1 unspecified atom stereocenters. The maximum atomic E-state index is 10.7. The minimum Gasteiger partial charge on any atom is -0.312 e. The summed E-state index contributed by atoms with van der Waals surface area (Å²) in [5.74, 6) is 0. The van der Waals surface area contributed by atoms with Crippen molar-refractivity contribution in [2.45, 2.75) is 0 Å². The van der Waals surface area contributed by atoms with Gasteiger partial charge in [-0.3, -0.25) is 4.52 Å². The molecular formula is C2H9NO6P2. The predicted octanol–water partition coefficient (Wildman–Crippen LogP) is -0.242. The Labute approximate surface area is 63.4 Å². The first-order valence-electron chi connectivity index (χ1n) is 2.40. The van der Waals surface area contributed by atoms with Gasteiger partial charge in [-0.2, -0.15) is 0 Å². The number of hydrogen-bond acceptors (Lipinski definition) is 3. The lowest BCUT2D eigenvalue weighted by atomic mass is 11.6. The lowest BCUT2D eigenvalue weighted by Gasteiger charge is -2.20. The Kier molecular flexibility index (Phi) is 3.41. The van der Waals surface area contributed by atoms with E-state index in [1.165, 1.54) is 0 Å². The summed E-state index contributed by atoms with van der Waals surface area (Å²) in [6.45, 7) is 0. The highest BCUT2D eigenvalue weighted by atomic mass is 31.3. The number of rotatable bonds is 3. The van der Waals surface area contributed by atoms with Crippen molar-refractivity contribution >= 4 is 15.5 Å². The van der Waals surface area contributed by atoms with Crippen molar-refractivity contribution in [1.82, 2.24) is 4.44 Å². The number of hydrogen-bond donors (Lipinski definition) is 3. The Bertz CT molecular complexity index is 221. The van der Waals surface area contributed by atoms with Crippen LogP contribution in [-0.2, 0) is 13.7 Å². The molecular weight excluding hydrogens is 196 g/mol. The average molecular weight is 205 g/mol. The molecule has 0 bridgehead atoms. The van der Waals surface area contributed by atoms with Crippen LogP contribution in [0.5, 0.6) is 0 Å². The Hall–Kier alpha value is 0.260. The van der Waals surface area contributed by atoms with Gasteiger partial charge in [0, 0.05) is 14.2 Å². The second-order valence-electron chi connectivity index (χ2n) is 1.68. The van der Waals surface area contributed by atoms with Crippen molar-refractivity contribution in [3.05, 3.63) is 0 Å². The van der Waals surface area contributed by atoms with Crippen LogP contribution < -0.4 is 0 Å². The molecule has 0 fully saturated rings. The van der Waals surface area contributed by atoms with Gasteiger partial charge in [-0.05, 0) is 0 Å². The predicted molar refractivity (Wildman–Crippen MR) is 36.6 cm³/mol. The highest BCUT2D eigenvalue weighted by Gasteiger charge is 2.37. The maximum absolute atomic E-state index is 10.7. The molecule has 0 aliphatic carbocycles. The van der Waals surface area contributed by atoms with Crippen LogP contribution in [0.3, 0.4) is 0 Å². The van der Waals surface area contributed by atoms with Crippen molar-refractivity contribution in [1.29, 1.82) is 0 Å². The Morgan fingerprint density at radius 1 is 1.27 bits per heavy atom. The summed E-state index contributed by atoms with van der Waals surface area (Å²) in [6, 6.07) is 0. The van der Waals surface area contributed by atoms with E-state index in [1.54, 1.807) is 0 Å². The molecule has 0 aromatic carbocycles. The van der Waals surface area contributed by atoms with Crippen LogP contribution in [0.2, 0.25) is 0 Å². The first-order chi connectivity index (χ1) is 4.72. The fourth-order valence-corrected chi connectivity index (χ4v) is 1.90. The van der Waals surface area contributed by atoms with Crippen LogP contribution >= 0.6 is 15.5 Å². The standard InChI is InChI=1S/C2H9NO6P2/c1-3(10(4,5)6)11(7,8)9-2/h1-2H3,(H,7,8)(H2,4,5,6). The van der Waals surface area contributed by atoms with Gasteiger partial charge in [0.2, 0.25) is 0 Å². The molecule has 1 atom stereocenters. The summed E-state index contributed by atoms with van der Waals surface area (Å²) in [4.78, 5) is 25.4. The quantitative estimate of drug-likeness (QED) is 0.545. The molecule has 0 spiro atoms. The van der Waals surface area contributed by atoms with Crippen LogP contribution in [-0.4, -0.2) is 33.3 Å². The van der Waals surface area contributed by atoms with Crippen molar-refractivity contribution in [3.8, 4) is 0 Å². The summed E-state index contributed by atoms with van der Waals surface area (Å²) < 4.78 is 25.0. The van der Waals surface area contributed by atoms with Gasteiger partial charge in [0.15, 0.2) is 0 Å². The second-order valence-corrected chi connectivity index (χ2v) is 5.56. The molecule has 0 heterocycles. The summed E-state index contributed by atoms with van der Waals surface area (Å²) >= 11 is 0.